The number of carbonyl (C=O) groups is 10. The maximum absolute atomic E-state index is 16.4. The molecule has 0 saturated carbocycles. The summed E-state index contributed by atoms with van der Waals surface area (Å²) >= 11 is 20.4. The molecule has 0 radical (unpaired) electrons. The fourth-order valence-electron chi connectivity index (χ4n) is 15.1. The van der Waals surface area contributed by atoms with E-state index in [-0.39, 0.29) is 48.8 Å². The molecule has 2 saturated heterocycles. The van der Waals surface area contributed by atoms with Crippen molar-refractivity contribution in [3.8, 4) is 57.1 Å². The molecule has 7 aliphatic heterocycles. The second-order valence-electron chi connectivity index (χ2n) is 31.9. The van der Waals surface area contributed by atoms with Crippen LogP contribution in [0.2, 0.25) is 15.1 Å². The van der Waals surface area contributed by atoms with Gasteiger partial charge in [0.2, 0.25) is 59.3 Å². The van der Waals surface area contributed by atoms with Gasteiger partial charge in [0.1, 0.15) is 101 Å². The average molecular weight is 1850 g/mol. The Morgan fingerprint density at radius 2 is 1.37 bits per heavy atom. The van der Waals surface area contributed by atoms with Gasteiger partial charge >= 0.3 is 5.69 Å². The molecule has 14 rings (SSSR count). The highest BCUT2D eigenvalue weighted by Crippen LogP contribution is 2.50. The van der Waals surface area contributed by atoms with Crippen LogP contribution in [-0.2, 0) is 73.5 Å². The number of ether oxygens (including phenoxy) is 6. The molecule has 21 N–H and O–H groups in total. The number of fused-ring (bicyclic) bond motifs is 15. The monoisotopic (exact) mass is 1850 g/mol. The number of amides is 10. The third-order valence-corrected chi connectivity index (χ3v) is 22.8. The average Bonchev–Trinajstić information content (AvgIpc) is 0.762. The van der Waals surface area contributed by atoms with E-state index in [2.05, 4.69) is 52.8 Å². The summed E-state index contributed by atoms with van der Waals surface area (Å²) in [6.07, 6.45) is -15.5. The topological polar surface area (TPSA) is 602 Å². The maximum atomic E-state index is 16.4. The normalized spacial score (nSPS) is 25.5. The highest BCUT2D eigenvalue weighted by atomic mass is 35.5. The number of benzene rings is 6. The van der Waals surface area contributed by atoms with Crippen molar-refractivity contribution in [1.29, 1.82) is 0 Å². The number of hydrogen-bond donors (Lipinski definition) is 20. The van der Waals surface area contributed by atoms with Crippen molar-refractivity contribution in [2.75, 3.05) is 46.2 Å². The Balaban J connectivity index is 0.998. The number of hydroxylamine groups is 1. The largest absolute Gasteiger partial charge is 0.508 e. The summed E-state index contributed by atoms with van der Waals surface area (Å²) < 4.78 is 40.7. The van der Waals surface area contributed by atoms with Gasteiger partial charge < -0.3 is 133 Å². The molecule has 688 valence electrons. The first-order chi connectivity index (χ1) is 61.2. The lowest BCUT2D eigenvalue weighted by atomic mass is 9.85. The third kappa shape index (κ3) is 22.4. The van der Waals surface area contributed by atoms with Gasteiger partial charge in [-0.3, -0.25) is 57.4 Å². The van der Waals surface area contributed by atoms with Crippen LogP contribution in [0.25, 0.3) is 17.2 Å². The van der Waals surface area contributed by atoms with Crippen LogP contribution < -0.4 is 79.0 Å². The number of aliphatic hydroxyl groups is 6. The van der Waals surface area contributed by atoms with Crippen molar-refractivity contribution < 1.29 is 127 Å². The van der Waals surface area contributed by atoms with Gasteiger partial charge in [-0.25, -0.2) is 10.3 Å². The Labute approximate surface area is 749 Å². The number of carbonyl (C=O) groups excluding carboxylic acids is 10. The molecule has 11 bridgehead atoms. The van der Waals surface area contributed by atoms with Gasteiger partial charge in [0.05, 0.1) is 41.3 Å². The number of anilines is 1. The Hall–Kier alpha value is -12.2. The fraction of sp³-hybridized carbons (Fsp3) is 0.388. The Morgan fingerprint density at radius 3 is 2.00 bits per heavy atom. The quantitative estimate of drug-likeness (QED) is 0.0317. The molecule has 8 heterocycles. The van der Waals surface area contributed by atoms with Crippen molar-refractivity contribution in [2.45, 2.75) is 163 Å². The maximum Gasteiger partial charge on any atom is 0.349 e. The van der Waals surface area contributed by atoms with Crippen molar-refractivity contribution >= 4 is 106 Å². The van der Waals surface area contributed by atoms with Crippen molar-refractivity contribution in [1.82, 2.24) is 62.5 Å². The molecule has 10 amide bonds. The molecule has 129 heavy (non-hydrogen) atoms. The lowest BCUT2D eigenvalue weighted by Crippen LogP contribution is -2.65. The molecule has 7 aromatic rings. The minimum atomic E-state index is -2.42. The number of likely N-dealkylation sites (N-methyl/N-ethyl adjacent to an activating group) is 2. The molecule has 7 aliphatic rings. The van der Waals surface area contributed by atoms with Crippen LogP contribution in [0.1, 0.15) is 111 Å². The number of aliphatic hydroxyl groups excluding tert-OH is 6. The lowest BCUT2D eigenvalue weighted by molar-refractivity contribution is -0.334. The molecule has 18 atom stereocenters. The van der Waals surface area contributed by atoms with Crippen LogP contribution in [0.5, 0.6) is 46.0 Å². The van der Waals surface area contributed by atoms with Crippen molar-refractivity contribution in [2.24, 2.45) is 11.7 Å². The van der Waals surface area contributed by atoms with Crippen LogP contribution in [0.4, 0.5) is 5.82 Å². The van der Waals surface area contributed by atoms with Crippen LogP contribution >= 0.6 is 34.8 Å². The number of aromatic hydroxyl groups is 3. The molecule has 41 nitrogen and oxygen atoms in total. The molecule has 6 aromatic carbocycles. The first-order valence-corrected chi connectivity index (χ1v) is 41.5. The van der Waals surface area contributed by atoms with Crippen LogP contribution in [0.3, 0.4) is 0 Å². The molecule has 18 unspecified atom stereocenters. The SMILES string of the molecule is CNC(CC(C)C)C(=O)NC1C(=O)NC(CC(N)=O)C(=O)NC2C(=O)NC3C(=O)NC(C(=O)NC(C(=O)NOCC(=O)N(C)C)c4cc(O)cc(O)c4-c4cc3ccc4O)C(O)c3ccc(c(Cl)c3)Oc3cc2cc(c3OC2OC(CO)C(O)C(O)C2OC2CC(C)(NCCn3ccc(NC(=O)/C=C/c4ccc(Cl)cc4)nc3=O)C(O)C(C)O2)Oc2ccc(cc2Cl)C1O. The van der Waals surface area contributed by atoms with E-state index in [0.717, 1.165) is 71.6 Å². The lowest BCUT2D eigenvalue weighted by Gasteiger charge is -2.48. The first-order valence-electron chi connectivity index (χ1n) is 40.3. The molecule has 0 spiro atoms. The number of nitrogens with one attached hydrogen (secondary N) is 10. The van der Waals surface area contributed by atoms with Crippen LogP contribution in [0.15, 0.2) is 126 Å². The zero-order chi connectivity index (χ0) is 93.5. The second kappa shape index (κ2) is 41.1. The Morgan fingerprint density at radius 1 is 0.729 bits per heavy atom. The molecular weight excluding hydrogens is 1760 g/mol. The van der Waals surface area contributed by atoms with E-state index in [9.17, 15) is 74.7 Å². The van der Waals surface area contributed by atoms with E-state index in [1.54, 1.807) is 45.0 Å². The number of hydrogen-bond acceptors (Lipinski definition) is 30. The highest BCUT2D eigenvalue weighted by molar-refractivity contribution is 6.32. The smallest absolute Gasteiger partial charge is 0.349 e. The number of aromatic nitrogens is 2. The number of nitrogens with two attached hydrogens (primary N) is 1. The van der Waals surface area contributed by atoms with Gasteiger partial charge in [-0.15, -0.1) is 0 Å². The number of phenolic OH excluding ortho intramolecular Hbond substituents is 3. The standard InChI is InChI=1S/C85H95Cl3N14O27/c1-36(2)24-49(90-5)76(115)98-67-69(110)40-12-17-53(47(87)26-40)125-55-28-42-29-56(73(55)129-83-74(72(113)71(112)57(34-103)127-83)128-62-33-85(4,75(114)37(3)124-62)91-21-23-102-22-20-59(94-84(102)122)93-60(108)19-10-38-8-14-43(86)15-9-38)126-54-18-13-41(27-48(54)88)70(111)68-81(120)97-66(82(121)100-123-35-61(109)101(6)7)46-30-44(104)31-52(106)63(46)45-25-39(11-16-51(45)105)64(78(117)99-68)96-79(118)65(42)95-77(116)50(32-58(89)107)92-80(67)119/h8-20,22,25-31,36-37,49-50,57,62,64-72,74-75,83,90-91,103-106,110-114H,21,23-24,32-35H2,1-7H3,(H2,89,107)(H,92,119)(H,95,116)(H,96,118)(H,97,120)(H,98,115)(H,99,117)(H,100,121)(H,93,94,108,122)/b19-10+. The second-order valence-corrected chi connectivity index (χ2v) is 33.2. The minimum absolute atomic E-state index is 0.0421. The van der Waals surface area contributed by atoms with E-state index in [1.165, 1.54) is 69.2 Å². The highest BCUT2D eigenvalue weighted by Gasteiger charge is 2.52. The van der Waals surface area contributed by atoms with Gasteiger partial charge in [-0.05, 0) is 145 Å². The van der Waals surface area contributed by atoms with Crippen LogP contribution in [0, 0.1) is 5.92 Å². The summed E-state index contributed by atoms with van der Waals surface area (Å²) in [5.74, 6) is -17.4. The molecule has 44 heteroatoms. The summed E-state index contributed by atoms with van der Waals surface area (Å²) in [5.41, 5.74) is 3.37. The van der Waals surface area contributed by atoms with Gasteiger partial charge in [-0.1, -0.05) is 79.0 Å². The zero-order valence-corrected chi connectivity index (χ0v) is 72.2. The minimum Gasteiger partial charge on any atom is -0.508 e. The van der Waals surface area contributed by atoms with Crippen molar-refractivity contribution in [3.05, 3.63) is 180 Å². The zero-order valence-electron chi connectivity index (χ0n) is 69.9. The fourth-order valence-corrected chi connectivity index (χ4v) is 15.6. The summed E-state index contributed by atoms with van der Waals surface area (Å²) in [6, 6.07) is 7.05. The number of halogens is 3. The molecule has 1 aromatic heterocycles. The van der Waals surface area contributed by atoms with E-state index in [4.69, 9.17) is 73.8 Å². The summed E-state index contributed by atoms with van der Waals surface area (Å²) in [5, 5.41) is 130. The molecular formula is C85H95Cl3N14O27. The summed E-state index contributed by atoms with van der Waals surface area (Å²) in [6.45, 7) is 4.76. The number of phenols is 3. The van der Waals surface area contributed by atoms with Gasteiger partial charge in [0.15, 0.2) is 30.5 Å². The Kier molecular flexibility index (Phi) is 30.5. The van der Waals surface area contributed by atoms with Crippen molar-refractivity contribution in [3.63, 3.8) is 0 Å². The molecule has 2 fully saturated rings. The summed E-state index contributed by atoms with van der Waals surface area (Å²) in [4.78, 5) is 170. The van der Waals surface area contributed by atoms with E-state index < -0.39 is 277 Å². The number of rotatable bonds is 23. The first kappa shape index (κ1) is 95.9. The predicted molar refractivity (Wildman–Crippen MR) is 456 cm³/mol. The van der Waals surface area contributed by atoms with Crippen LogP contribution in [-0.4, -0.2) is 239 Å². The van der Waals surface area contributed by atoms with Gasteiger partial charge in [0, 0.05) is 73.6 Å². The molecule has 0 aliphatic carbocycles. The predicted octanol–water partition coefficient (Wildman–Crippen LogP) is 1.35. The van der Waals surface area contributed by atoms with E-state index >= 15 is 24.0 Å². The number of primary amides is 1. The van der Waals surface area contributed by atoms with E-state index in [0.29, 0.717) is 10.6 Å². The van der Waals surface area contributed by atoms with E-state index in [1.807, 2.05) is 5.48 Å². The van der Waals surface area contributed by atoms with Gasteiger partial charge in [0.25, 0.3) is 11.8 Å². The Bertz CT molecular complexity index is 5540. The van der Waals surface area contributed by atoms with Gasteiger partial charge in [-0.2, -0.15) is 4.98 Å². The summed E-state index contributed by atoms with van der Waals surface area (Å²) in [7, 11) is 4.22. The third-order valence-electron chi connectivity index (χ3n) is 21.9. The number of nitrogens with zero attached hydrogens (tertiary/aromatic N) is 3.